The maximum atomic E-state index is 12.1. The van der Waals surface area contributed by atoms with E-state index in [1.54, 1.807) is 6.07 Å². The van der Waals surface area contributed by atoms with Gasteiger partial charge in [0.15, 0.2) is 0 Å². The van der Waals surface area contributed by atoms with E-state index in [1.807, 2.05) is 30.1 Å². The highest BCUT2D eigenvalue weighted by atomic mass is 35.5. The van der Waals surface area contributed by atoms with Crippen LogP contribution in [0.3, 0.4) is 0 Å². The number of carbonyl (C=O) groups excluding carboxylic acids is 1. The lowest BCUT2D eigenvalue weighted by molar-refractivity contribution is -0.132. The smallest absolute Gasteiger partial charge is 0.225 e. The fourth-order valence-electron chi connectivity index (χ4n) is 2.39. The Hall–Kier alpha value is -0.970. The molecule has 1 fully saturated rings. The summed E-state index contributed by atoms with van der Waals surface area (Å²) < 4.78 is 5.55. The lowest BCUT2D eigenvalue weighted by atomic mass is 10.1. The van der Waals surface area contributed by atoms with E-state index in [0.29, 0.717) is 29.8 Å². The van der Waals surface area contributed by atoms with Gasteiger partial charge in [-0.2, -0.15) is 0 Å². The first-order chi connectivity index (χ1) is 9.70. The van der Waals surface area contributed by atoms with Crippen molar-refractivity contribution in [1.29, 1.82) is 0 Å². The predicted molar refractivity (Wildman–Crippen MR) is 87.5 cm³/mol. The third-order valence-electron chi connectivity index (χ3n) is 3.67. The van der Waals surface area contributed by atoms with Crippen LogP contribution in [-0.4, -0.2) is 43.6 Å². The number of nitrogens with zero attached hydrogens (tertiary/aromatic N) is 1. The van der Waals surface area contributed by atoms with E-state index in [2.05, 4.69) is 5.32 Å². The molecule has 1 N–H and O–H groups in total. The number of nitrogens with one attached hydrogen (secondary N) is 1. The monoisotopic (exact) mass is 332 g/mol. The summed E-state index contributed by atoms with van der Waals surface area (Å²) in [5, 5.41) is 3.84. The summed E-state index contributed by atoms with van der Waals surface area (Å²) in [6.45, 7) is 2.03. The van der Waals surface area contributed by atoms with Crippen LogP contribution in [0, 0.1) is 0 Å². The number of ether oxygens (including phenoxy) is 1. The van der Waals surface area contributed by atoms with E-state index < -0.39 is 0 Å². The van der Waals surface area contributed by atoms with Crippen molar-refractivity contribution in [2.45, 2.75) is 25.3 Å². The topological polar surface area (TPSA) is 41.6 Å². The Morgan fingerprint density at radius 2 is 2.05 bits per heavy atom. The summed E-state index contributed by atoms with van der Waals surface area (Å²) in [5.74, 6) is 0.794. The van der Waals surface area contributed by atoms with Gasteiger partial charge in [0, 0.05) is 19.1 Å². The van der Waals surface area contributed by atoms with Crippen molar-refractivity contribution in [3.8, 4) is 5.75 Å². The average Bonchev–Trinajstić information content (AvgIpc) is 2.49. The molecule has 2 rings (SSSR count). The number of rotatable bonds is 5. The van der Waals surface area contributed by atoms with Crippen LogP contribution in [0.2, 0.25) is 5.02 Å². The standard InChI is InChI=1S/C15H21ClN2O2.ClH/c1-17-12-6-9-18(10-7-12)15(19)8-11-20-14-5-3-2-4-13(14)16;/h2-5,12,17H,6-11H2,1H3;1H. The van der Waals surface area contributed by atoms with Crippen LogP contribution in [0.15, 0.2) is 24.3 Å². The van der Waals surface area contributed by atoms with E-state index >= 15 is 0 Å². The lowest BCUT2D eigenvalue weighted by Crippen LogP contribution is -2.44. The highest BCUT2D eigenvalue weighted by molar-refractivity contribution is 6.32. The van der Waals surface area contributed by atoms with Crippen molar-refractivity contribution < 1.29 is 9.53 Å². The molecule has 1 aliphatic rings. The summed E-state index contributed by atoms with van der Waals surface area (Å²) in [5.41, 5.74) is 0. The molecule has 118 valence electrons. The van der Waals surface area contributed by atoms with E-state index in [1.165, 1.54) is 0 Å². The maximum Gasteiger partial charge on any atom is 0.225 e. The van der Waals surface area contributed by atoms with Crippen molar-refractivity contribution in [2.24, 2.45) is 0 Å². The zero-order valence-electron chi connectivity index (χ0n) is 12.2. The van der Waals surface area contributed by atoms with Gasteiger partial charge in [0.25, 0.3) is 0 Å². The molecular formula is C15H22Cl2N2O2. The molecule has 0 unspecified atom stereocenters. The SMILES string of the molecule is CNC1CCN(C(=O)CCOc2ccccc2Cl)CC1.Cl. The number of benzene rings is 1. The van der Waals surface area contributed by atoms with Gasteiger partial charge in [-0.25, -0.2) is 0 Å². The van der Waals surface area contributed by atoms with E-state index in [4.69, 9.17) is 16.3 Å². The van der Waals surface area contributed by atoms with E-state index in [-0.39, 0.29) is 18.3 Å². The number of halogens is 2. The Morgan fingerprint density at radius 3 is 2.67 bits per heavy atom. The molecule has 0 aromatic heterocycles. The number of hydrogen-bond acceptors (Lipinski definition) is 3. The quantitative estimate of drug-likeness (QED) is 0.901. The number of amides is 1. The fraction of sp³-hybridized carbons (Fsp3) is 0.533. The number of para-hydroxylation sites is 1. The van der Waals surface area contributed by atoms with Gasteiger partial charge >= 0.3 is 0 Å². The van der Waals surface area contributed by atoms with E-state index in [9.17, 15) is 4.79 Å². The summed E-state index contributed by atoms with van der Waals surface area (Å²) in [4.78, 5) is 14.0. The normalized spacial score (nSPS) is 15.4. The number of carbonyl (C=O) groups is 1. The Bertz CT molecular complexity index is 449. The third-order valence-corrected chi connectivity index (χ3v) is 3.98. The largest absolute Gasteiger partial charge is 0.491 e. The number of likely N-dealkylation sites (tertiary alicyclic amines) is 1. The minimum absolute atomic E-state index is 0. The van der Waals surface area contributed by atoms with Crippen LogP contribution in [0.5, 0.6) is 5.75 Å². The third kappa shape index (κ3) is 5.38. The van der Waals surface area contributed by atoms with Gasteiger partial charge < -0.3 is 15.0 Å². The number of piperidine rings is 1. The van der Waals surface area contributed by atoms with Crippen molar-refractivity contribution in [1.82, 2.24) is 10.2 Å². The average molecular weight is 333 g/mol. The molecule has 1 aromatic rings. The second-order valence-corrected chi connectivity index (χ2v) is 5.38. The molecule has 1 aromatic carbocycles. The molecule has 1 saturated heterocycles. The van der Waals surface area contributed by atoms with Crippen LogP contribution in [0.1, 0.15) is 19.3 Å². The lowest BCUT2D eigenvalue weighted by Gasteiger charge is -2.31. The van der Waals surface area contributed by atoms with Gasteiger partial charge in [-0.15, -0.1) is 12.4 Å². The van der Waals surface area contributed by atoms with Crippen molar-refractivity contribution in [3.63, 3.8) is 0 Å². The Morgan fingerprint density at radius 1 is 1.38 bits per heavy atom. The van der Waals surface area contributed by atoms with Gasteiger partial charge in [-0.05, 0) is 32.0 Å². The van der Waals surface area contributed by atoms with Crippen LogP contribution >= 0.6 is 24.0 Å². The van der Waals surface area contributed by atoms with E-state index in [0.717, 1.165) is 25.9 Å². The first-order valence-electron chi connectivity index (χ1n) is 7.03. The Balaban J connectivity index is 0.00000220. The molecule has 0 atom stereocenters. The highest BCUT2D eigenvalue weighted by Gasteiger charge is 2.21. The Kier molecular flexibility index (Phi) is 7.86. The summed E-state index contributed by atoms with van der Waals surface area (Å²) in [6.07, 6.45) is 2.44. The second kappa shape index (κ2) is 9.13. The van der Waals surface area contributed by atoms with Gasteiger partial charge in [-0.3, -0.25) is 4.79 Å². The van der Waals surface area contributed by atoms with Crippen LogP contribution < -0.4 is 10.1 Å². The van der Waals surface area contributed by atoms with Gasteiger partial charge in [0.2, 0.25) is 5.91 Å². The zero-order chi connectivity index (χ0) is 14.4. The maximum absolute atomic E-state index is 12.1. The summed E-state index contributed by atoms with van der Waals surface area (Å²) >= 11 is 5.99. The molecule has 6 heteroatoms. The number of hydrogen-bond donors (Lipinski definition) is 1. The second-order valence-electron chi connectivity index (χ2n) is 4.97. The Labute approximate surface area is 137 Å². The minimum Gasteiger partial charge on any atom is -0.491 e. The fourth-order valence-corrected chi connectivity index (χ4v) is 2.58. The first-order valence-corrected chi connectivity index (χ1v) is 7.41. The van der Waals surface area contributed by atoms with Crippen molar-refractivity contribution in [2.75, 3.05) is 26.7 Å². The van der Waals surface area contributed by atoms with Crippen molar-refractivity contribution in [3.05, 3.63) is 29.3 Å². The van der Waals surface area contributed by atoms with Gasteiger partial charge in [0.1, 0.15) is 5.75 Å². The molecule has 1 amide bonds. The van der Waals surface area contributed by atoms with Crippen LogP contribution in [0.4, 0.5) is 0 Å². The molecule has 0 saturated carbocycles. The summed E-state index contributed by atoms with van der Waals surface area (Å²) in [6, 6.07) is 7.85. The van der Waals surface area contributed by atoms with Crippen molar-refractivity contribution >= 4 is 29.9 Å². The predicted octanol–water partition coefficient (Wildman–Crippen LogP) is 2.74. The molecule has 0 aliphatic carbocycles. The molecule has 4 nitrogen and oxygen atoms in total. The van der Waals surface area contributed by atoms with Gasteiger partial charge in [-0.1, -0.05) is 23.7 Å². The molecular weight excluding hydrogens is 311 g/mol. The van der Waals surface area contributed by atoms with Crippen LogP contribution in [0.25, 0.3) is 0 Å². The molecule has 1 aliphatic heterocycles. The molecule has 1 heterocycles. The van der Waals surface area contributed by atoms with Crippen LogP contribution in [-0.2, 0) is 4.79 Å². The first kappa shape index (κ1) is 18.1. The zero-order valence-corrected chi connectivity index (χ0v) is 13.8. The summed E-state index contributed by atoms with van der Waals surface area (Å²) in [7, 11) is 1.97. The molecule has 0 bridgehead atoms. The molecule has 0 spiro atoms. The molecule has 21 heavy (non-hydrogen) atoms. The minimum atomic E-state index is 0. The molecule has 0 radical (unpaired) electrons. The van der Waals surface area contributed by atoms with Gasteiger partial charge in [0.05, 0.1) is 18.1 Å². The highest BCUT2D eigenvalue weighted by Crippen LogP contribution is 2.23.